The monoisotopic (exact) mass is 237 g/mol. The van der Waals surface area contributed by atoms with Gasteiger partial charge in [0.15, 0.2) is 0 Å². The van der Waals surface area contributed by atoms with E-state index >= 15 is 0 Å². The molecule has 3 aliphatic rings. The van der Waals surface area contributed by atoms with E-state index in [1.807, 2.05) is 11.9 Å². The highest BCUT2D eigenvalue weighted by Gasteiger charge is 2.35. The lowest BCUT2D eigenvalue weighted by Gasteiger charge is -2.37. The molecule has 0 aromatic heterocycles. The van der Waals surface area contributed by atoms with Gasteiger partial charge in [0.2, 0.25) is 5.91 Å². The van der Waals surface area contributed by atoms with Gasteiger partial charge in [0, 0.05) is 38.6 Å². The zero-order chi connectivity index (χ0) is 11.8. The van der Waals surface area contributed by atoms with Crippen molar-refractivity contribution in [2.75, 3.05) is 33.2 Å². The van der Waals surface area contributed by atoms with E-state index in [2.05, 4.69) is 10.2 Å². The second-order valence-corrected chi connectivity index (χ2v) is 5.92. The van der Waals surface area contributed by atoms with Crippen LogP contribution in [0.2, 0.25) is 0 Å². The Morgan fingerprint density at radius 1 is 1.18 bits per heavy atom. The van der Waals surface area contributed by atoms with Crippen LogP contribution < -0.4 is 5.32 Å². The molecule has 17 heavy (non-hydrogen) atoms. The summed E-state index contributed by atoms with van der Waals surface area (Å²) < 4.78 is 0. The van der Waals surface area contributed by atoms with Crippen LogP contribution in [-0.2, 0) is 4.79 Å². The number of hydrogen-bond acceptors (Lipinski definition) is 3. The molecule has 3 aliphatic heterocycles. The third-order valence-electron chi connectivity index (χ3n) is 4.71. The molecule has 1 N–H and O–H groups in total. The predicted octanol–water partition coefficient (Wildman–Crippen LogP) is 0.291. The average Bonchev–Trinajstić information content (AvgIpc) is 2.71. The maximum atomic E-state index is 11.5. The third kappa shape index (κ3) is 2.33. The maximum Gasteiger partial charge on any atom is 0.222 e. The Labute approximate surface area is 103 Å². The van der Waals surface area contributed by atoms with E-state index in [1.165, 1.54) is 32.5 Å². The van der Waals surface area contributed by atoms with Gasteiger partial charge in [-0.2, -0.15) is 0 Å². The van der Waals surface area contributed by atoms with Gasteiger partial charge in [-0.05, 0) is 38.3 Å². The molecule has 3 rings (SSSR count). The summed E-state index contributed by atoms with van der Waals surface area (Å²) >= 11 is 0. The molecule has 0 saturated carbocycles. The van der Waals surface area contributed by atoms with Crippen molar-refractivity contribution in [1.29, 1.82) is 0 Å². The molecular formula is C13H23N3O. The largest absolute Gasteiger partial charge is 0.344 e. The van der Waals surface area contributed by atoms with Crippen molar-refractivity contribution in [3.63, 3.8) is 0 Å². The summed E-state index contributed by atoms with van der Waals surface area (Å²) in [6.07, 6.45) is 4.39. The van der Waals surface area contributed by atoms with Gasteiger partial charge in [-0.1, -0.05) is 0 Å². The Balaban J connectivity index is 1.54. The number of carbonyl (C=O) groups excluding carboxylic acids is 1. The summed E-state index contributed by atoms with van der Waals surface area (Å²) in [6.45, 7) is 4.74. The highest BCUT2D eigenvalue weighted by atomic mass is 16.2. The Bertz CT molecular complexity index is 307. The first-order valence-electron chi connectivity index (χ1n) is 6.95. The van der Waals surface area contributed by atoms with Crippen LogP contribution in [0.15, 0.2) is 0 Å². The Morgan fingerprint density at radius 3 is 2.82 bits per heavy atom. The van der Waals surface area contributed by atoms with Crippen molar-refractivity contribution < 1.29 is 4.79 Å². The van der Waals surface area contributed by atoms with E-state index in [9.17, 15) is 4.79 Å². The van der Waals surface area contributed by atoms with Gasteiger partial charge in [0.05, 0.1) is 0 Å². The average molecular weight is 237 g/mol. The first kappa shape index (κ1) is 11.5. The van der Waals surface area contributed by atoms with Gasteiger partial charge >= 0.3 is 0 Å². The van der Waals surface area contributed by atoms with E-state index < -0.39 is 0 Å². The van der Waals surface area contributed by atoms with Crippen LogP contribution in [0, 0.1) is 5.92 Å². The topological polar surface area (TPSA) is 35.6 Å². The number of likely N-dealkylation sites (tertiary alicyclic amines) is 1. The minimum Gasteiger partial charge on any atom is -0.344 e. The zero-order valence-corrected chi connectivity index (χ0v) is 10.7. The van der Waals surface area contributed by atoms with Gasteiger partial charge in [-0.25, -0.2) is 0 Å². The Kier molecular flexibility index (Phi) is 3.09. The van der Waals surface area contributed by atoms with E-state index in [4.69, 9.17) is 0 Å². The molecule has 4 nitrogen and oxygen atoms in total. The number of amides is 1. The smallest absolute Gasteiger partial charge is 0.222 e. The summed E-state index contributed by atoms with van der Waals surface area (Å²) in [6, 6.07) is 1.22. The second-order valence-electron chi connectivity index (χ2n) is 5.92. The highest BCUT2D eigenvalue weighted by molar-refractivity contribution is 5.76. The minimum absolute atomic E-state index is 0.304. The standard InChI is InChI=1S/C13H23N3O/c1-15-9-11(2-3-13(15)17)14-12-5-7-16-6-4-10(12)8-16/h10-12,14H,2-9H2,1H3. The van der Waals surface area contributed by atoms with E-state index in [0.29, 0.717) is 18.0 Å². The van der Waals surface area contributed by atoms with E-state index in [0.717, 1.165) is 25.3 Å². The molecule has 0 radical (unpaired) electrons. The molecule has 3 saturated heterocycles. The molecular weight excluding hydrogens is 214 g/mol. The van der Waals surface area contributed by atoms with Gasteiger partial charge in [0.25, 0.3) is 0 Å². The quantitative estimate of drug-likeness (QED) is 0.750. The van der Waals surface area contributed by atoms with Gasteiger partial charge in [0.1, 0.15) is 0 Å². The van der Waals surface area contributed by atoms with Crippen molar-refractivity contribution >= 4 is 5.91 Å². The first-order chi connectivity index (χ1) is 8.22. The predicted molar refractivity (Wildman–Crippen MR) is 66.7 cm³/mol. The van der Waals surface area contributed by atoms with Crippen LogP contribution in [0.5, 0.6) is 0 Å². The lowest BCUT2D eigenvalue weighted by Crippen LogP contribution is -2.53. The summed E-state index contributed by atoms with van der Waals surface area (Å²) in [4.78, 5) is 15.9. The molecule has 1 amide bonds. The molecule has 0 aromatic rings. The SMILES string of the molecule is CN1CC(NC2CCN3CCC2C3)CCC1=O. The number of fused-ring (bicyclic) bond motifs is 2. The summed E-state index contributed by atoms with van der Waals surface area (Å²) in [5, 5.41) is 3.82. The van der Waals surface area contributed by atoms with Crippen molar-refractivity contribution in [2.24, 2.45) is 5.92 Å². The van der Waals surface area contributed by atoms with Gasteiger partial charge in [-0.15, -0.1) is 0 Å². The molecule has 4 atom stereocenters. The second kappa shape index (κ2) is 4.58. The zero-order valence-electron chi connectivity index (χ0n) is 10.7. The van der Waals surface area contributed by atoms with Gasteiger partial charge < -0.3 is 15.1 Å². The lowest BCUT2D eigenvalue weighted by molar-refractivity contribution is -0.132. The van der Waals surface area contributed by atoms with Crippen LogP contribution in [0.3, 0.4) is 0 Å². The number of nitrogens with zero attached hydrogens (tertiary/aromatic N) is 2. The number of carbonyl (C=O) groups is 1. The fraction of sp³-hybridized carbons (Fsp3) is 0.923. The van der Waals surface area contributed by atoms with Gasteiger partial charge in [-0.3, -0.25) is 4.79 Å². The molecule has 3 heterocycles. The number of likely N-dealkylation sites (N-methyl/N-ethyl adjacent to an activating group) is 1. The molecule has 0 aromatic carbocycles. The maximum absolute atomic E-state index is 11.5. The van der Waals surface area contributed by atoms with Crippen LogP contribution in [0.1, 0.15) is 25.7 Å². The lowest BCUT2D eigenvalue weighted by atomic mass is 9.92. The number of rotatable bonds is 2. The summed E-state index contributed by atoms with van der Waals surface area (Å²) in [5.41, 5.74) is 0. The normalized spacial score (nSPS) is 41.9. The summed E-state index contributed by atoms with van der Waals surface area (Å²) in [7, 11) is 1.92. The third-order valence-corrected chi connectivity index (χ3v) is 4.71. The van der Waals surface area contributed by atoms with Crippen LogP contribution in [-0.4, -0.2) is 61.0 Å². The molecule has 4 unspecified atom stereocenters. The van der Waals surface area contributed by atoms with Crippen molar-refractivity contribution in [3.8, 4) is 0 Å². The van der Waals surface area contributed by atoms with Crippen molar-refractivity contribution in [2.45, 2.75) is 37.8 Å². The fourth-order valence-corrected chi connectivity index (χ4v) is 3.62. The van der Waals surface area contributed by atoms with E-state index in [1.54, 1.807) is 0 Å². The Morgan fingerprint density at radius 2 is 2.00 bits per heavy atom. The van der Waals surface area contributed by atoms with E-state index in [-0.39, 0.29) is 0 Å². The minimum atomic E-state index is 0.304. The van der Waals surface area contributed by atoms with Crippen molar-refractivity contribution in [1.82, 2.24) is 15.1 Å². The first-order valence-corrected chi connectivity index (χ1v) is 6.95. The summed E-state index contributed by atoms with van der Waals surface area (Å²) in [5.74, 6) is 1.16. The molecule has 0 aliphatic carbocycles. The molecule has 3 fully saturated rings. The fourth-order valence-electron chi connectivity index (χ4n) is 3.62. The van der Waals surface area contributed by atoms with Crippen LogP contribution >= 0.6 is 0 Å². The number of nitrogens with one attached hydrogen (secondary N) is 1. The molecule has 96 valence electrons. The Hall–Kier alpha value is -0.610. The van der Waals surface area contributed by atoms with Crippen LogP contribution in [0.4, 0.5) is 0 Å². The molecule has 4 heteroatoms. The number of hydrogen-bond donors (Lipinski definition) is 1. The van der Waals surface area contributed by atoms with Crippen LogP contribution in [0.25, 0.3) is 0 Å². The number of piperidine rings is 2. The molecule has 2 bridgehead atoms. The van der Waals surface area contributed by atoms with Crippen molar-refractivity contribution in [3.05, 3.63) is 0 Å². The highest BCUT2D eigenvalue weighted by Crippen LogP contribution is 2.28. The molecule has 0 spiro atoms.